The molecule has 1 N–H and O–H groups in total. The number of hydrogen-bond acceptors (Lipinski definition) is 3. The summed E-state index contributed by atoms with van der Waals surface area (Å²) in [6.45, 7) is 6.24. The topological polar surface area (TPSA) is 33.1 Å². The Hall–Kier alpha value is -0.870. The van der Waals surface area contributed by atoms with Crippen LogP contribution in [0.5, 0.6) is 0 Å². The Balaban J connectivity index is 1.98. The molecule has 0 aliphatic carbocycles. The molecule has 0 radical (unpaired) electrons. The molecule has 1 rings (SSSR count). The van der Waals surface area contributed by atoms with Crippen molar-refractivity contribution in [3.05, 3.63) is 18.0 Å². The smallest absolute Gasteiger partial charge is 0.0534 e. The van der Waals surface area contributed by atoms with E-state index < -0.39 is 0 Å². The normalized spacial score (nSPS) is 11.2. The predicted octanol–water partition coefficient (Wildman–Crippen LogP) is 0.733. The summed E-state index contributed by atoms with van der Waals surface area (Å²) in [5.74, 6) is 0. The van der Waals surface area contributed by atoms with Crippen molar-refractivity contribution in [1.29, 1.82) is 0 Å². The van der Waals surface area contributed by atoms with Gasteiger partial charge < -0.3 is 10.2 Å². The van der Waals surface area contributed by atoms with Crippen molar-refractivity contribution in [2.75, 3.05) is 33.7 Å². The number of aryl methyl sites for hydroxylation is 1. The number of nitrogens with one attached hydrogen (secondary N) is 1. The van der Waals surface area contributed by atoms with Crippen molar-refractivity contribution >= 4 is 0 Å². The fraction of sp³-hybridized carbons (Fsp3) is 0.727. The minimum absolute atomic E-state index is 0.954. The zero-order valence-electron chi connectivity index (χ0n) is 10.0. The van der Waals surface area contributed by atoms with Crippen LogP contribution < -0.4 is 5.32 Å². The third kappa shape index (κ3) is 5.54. The highest BCUT2D eigenvalue weighted by atomic mass is 15.3. The summed E-state index contributed by atoms with van der Waals surface area (Å²) in [7, 11) is 4.21. The molecule has 0 spiro atoms. The summed E-state index contributed by atoms with van der Waals surface area (Å²) in [6.07, 6.45) is 5.17. The molecule has 86 valence electrons. The van der Waals surface area contributed by atoms with Crippen LogP contribution in [0.4, 0.5) is 0 Å². The summed E-state index contributed by atoms with van der Waals surface area (Å²) < 4.78 is 1.98. The summed E-state index contributed by atoms with van der Waals surface area (Å²) in [6, 6.07) is 0. The molecule has 4 nitrogen and oxygen atoms in total. The minimum atomic E-state index is 0.954. The van der Waals surface area contributed by atoms with Crippen LogP contribution >= 0.6 is 0 Å². The number of aromatic nitrogens is 2. The fourth-order valence-corrected chi connectivity index (χ4v) is 1.43. The van der Waals surface area contributed by atoms with Crippen molar-refractivity contribution in [1.82, 2.24) is 20.0 Å². The fourth-order valence-electron chi connectivity index (χ4n) is 1.43. The van der Waals surface area contributed by atoms with Gasteiger partial charge in [-0.25, -0.2) is 0 Å². The van der Waals surface area contributed by atoms with E-state index in [-0.39, 0.29) is 0 Å². The Morgan fingerprint density at radius 3 is 2.80 bits per heavy atom. The molecule has 1 aromatic heterocycles. The molecule has 0 aliphatic rings. The van der Waals surface area contributed by atoms with Crippen LogP contribution in [0.25, 0.3) is 0 Å². The molecule has 0 aliphatic heterocycles. The van der Waals surface area contributed by atoms with Crippen LogP contribution in [0.2, 0.25) is 0 Å². The first-order valence-electron chi connectivity index (χ1n) is 5.53. The van der Waals surface area contributed by atoms with E-state index in [0.29, 0.717) is 0 Å². The van der Waals surface area contributed by atoms with E-state index in [1.807, 2.05) is 10.9 Å². The van der Waals surface area contributed by atoms with E-state index >= 15 is 0 Å². The van der Waals surface area contributed by atoms with Gasteiger partial charge in [0.1, 0.15) is 0 Å². The molecular weight excluding hydrogens is 188 g/mol. The standard InChI is InChI=1S/C11H22N4/c1-11-9-13-15(10-11)8-6-12-5-4-7-14(2)3/h9-10,12H,4-8H2,1-3H3. The molecule has 0 bridgehead atoms. The van der Waals surface area contributed by atoms with Crippen molar-refractivity contribution in [2.24, 2.45) is 0 Å². The third-order valence-electron chi connectivity index (χ3n) is 2.24. The highest BCUT2D eigenvalue weighted by Crippen LogP contribution is 1.92. The lowest BCUT2D eigenvalue weighted by atomic mass is 10.4. The maximum Gasteiger partial charge on any atom is 0.0534 e. The van der Waals surface area contributed by atoms with E-state index in [4.69, 9.17) is 0 Å². The van der Waals surface area contributed by atoms with Crippen molar-refractivity contribution in [3.8, 4) is 0 Å². The molecule has 0 saturated carbocycles. The van der Waals surface area contributed by atoms with Gasteiger partial charge in [-0.3, -0.25) is 4.68 Å². The largest absolute Gasteiger partial charge is 0.315 e. The Morgan fingerprint density at radius 2 is 2.20 bits per heavy atom. The second-order valence-corrected chi connectivity index (χ2v) is 4.19. The molecule has 0 unspecified atom stereocenters. The average molecular weight is 210 g/mol. The lowest BCUT2D eigenvalue weighted by molar-refractivity contribution is 0.392. The second kappa shape index (κ2) is 6.58. The van der Waals surface area contributed by atoms with Gasteiger partial charge in [-0.2, -0.15) is 5.10 Å². The number of hydrogen-bond donors (Lipinski definition) is 1. The Labute approximate surface area is 92.3 Å². The molecule has 0 fully saturated rings. The van der Waals surface area contributed by atoms with Gasteiger partial charge >= 0.3 is 0 Å². The first-order chi connectivity index (χ1) is 7.18. The molecule has 0 atom stereocenters. The molecular formula is C11H22N4. The van der Waals surface area contributed by atoms with Crippen molar-refractivity contribution in [2.45, 2.75) is 19.9 Å². The highest BCUT2D eigenvalue weighted by molar-refractivity contribution is 4.99. The van der Waals surface area contributed by atoms with E-state index in [0.717, 1.165) is 26.2 Å². The zero-order chi connectivity index (χ0) is 11.1. The summed E-state index contributed by atoms with van der Waals surface area (Å²) in [4.78, 5) is 2.21. The number of rotatable bonds is 7. The van der Waals surface area contributed by atoms with E-state index in [9.17, 15) is 0 Å². The maximum absolute atomic E-state index is 4.23. The maximum atomic E-state index is 4.23. The molecule has 0 aromatic carbocycles. The summed E-state index contributed by atoms with van der Waals surface area (Å²) in [5, 5.41) is 7.64. The predicted molar refractivity (Wildman–Crippen MR) is 63.0 cm³/mol. The van der Waals surface area contributed by atoms with Crippen LogP contribution in [-0.2, 0) is 6.54 Å². The van der Waals surface area contributed by atoms with Gasteiger partial charge in [-0.1, -0.05) is 0 Å². The highest BCUT2D eigenvalue weighted by Gasteiger charge is 1.94. The van der Waals surface area contributed by atoms with Gasteiger partial charge in [0.25, 0.3) is 0 Å². The Kier molecular flexibility index (Phi) is 5.36. The van der Waals surface area contributed by atoms with E-state index in [1.165, 1.54) is 12.0 Å². The lowest BCUT2D eigenvalue weighted by Crippen LogP contribution is -2.24. The van der Waals surface area contributed by atoms with Crippen molar-refractivity contribution < 1.29 is 0 Å². The van der Waals surface area contributed by atoms with Crippen LogP contribution in [-0.4, -0.2) is 48.4 Å². The third-order valence-corrected chi connectivity index (χ3v) is 2.24. The van der Waals surface area contributed by atoms with Crippen LogP contribution in [0.1, 0.15) is 12.0 Å². The van der Waals surface area contributed by atoms with Gasteiger partial charge in [-0.05, 0) is 46.1 Å². The SMILES string of the molecule is Cc1cnn(CCNCCCN(C)C)c1. The Bertz CT molecular complexity index is 267. The quantitative estimate of drug-likeness (QED) is 0.674. The summed E-state index contributed by atoms with van der Waals surface area (Å²) >= 11 is 0. The Morgan fingerprint density at radius 1 is 1.40 bits per heavy atom. The number of nitrogens with zero attached hydrogens (tertiary/aromatic N) is 3. The van der Waals surface area contributed by atoms with E-state index in [1.54, 1.807) is 0 Å². The first kappa shape index (κ1) is 12.2. The van der Waals surface area contributed by atoms with Crippen LogP contribution in [0, 0.1) is 6.92 Å². The molecule has 15 heavy (non-hydrogen) atoms. The average Bonchev–Trinajstić information content (AvgIpc) is 2.57. The van der Waals surface area contributed by atoms with Gasteiger partial charge in [-0.15, -0.1) is 0 Å². The van der Waals surface area contributed by atoms with Gasteiger partial charge in [0.05, 0.1) is 12.7 Å². The van der Waals surface area contributed by atoms with Crippen molar-refractivity contribution in [3.63, 3.8) is 0 Å². The molecule has 1 heterocycles. The van der Waals surface area contributed by atoms with Gasteiger partial charge in [0, 0.05) is 12.7 Å². The minimum Gasteiger partial charge on any atom is -0.315 e. The molecule has 4 heteroatoms. The van der Waals surface area contributed by atoms with Gasteiger partial charge in [0.2, 0.25) is 0 Å². The van der Waals surface area contributed by atoms with Gasteiger partial charge in [0.15, 0.2) is 0 Å². The molecule has 0 saturated heterocycles. The lowest BCUT2D eigenvalue weighted by Gasteiger charge is -2.09. The van der Waals surface area contributed by atoms with Crippen LogP contribution in [0.3, 0.4) is 0 Å². The monoisotopic (exact) mass is 210 g/mol. The molecule has 1 aromatic rings. The summed E-state index contributed by atoms with van der Waals surface area (Å²) in [5.41, 5.74) is 1.22. The van der Waals surface area contributed by atoms with Crippen LogP contribution in [0.15, 0.2) is 12.4 Å². The molecule has 0 amide bonds. The first-order valence-corrected chi connectivity index (χ1v) is 5.53. The second-order valence-electron chi connectivity index (χ2n) is 4.19. The van der Waals surface area contributed by atoms with E-state index in [2.05, 4.69) is 42.5 Å². The zero-order valence-corrected chi connectivity index (χ0v) is 10.0.